The third kappa shape index (κ3) is 2.56. The summed E-state index contributed by atoms with van der Waals surface area (Å²) in [6.07, 6.45) is -8.17. The first-order valence-electron chi connectivity index (χ1n) is 4.90. The molecule has 2 nitrogen and oxygen atoms in total. The van der Waals surface area contributed by atoms with Crippen molar-refractivity contribution in [3.05, 3.63) is 47.8 Å². The Bertz CT molecular complexity index is 568. The van der Waals surface area contributed by atoms with Gasteiger partial charge in [-0.3, -0.25) is 0 Å². The van der Waals surface area contributed by atoms with E-state index in [4.69, 9.17) is 0 Å². The van der Waals surface area contributed by atoms with Crippen LogP contribution in [-0.2, 0) is 12.4 Å². The number of rotatable bonds is 1. The van der Waals surface area contributed by atoms with Crippen LogP contribution in [0.2, 0.25) is 0 Å². The highest BCUT2D eigenvalue weighted by atomic mass is 19.4. The van der Waals surface area contributed by atoms with Gasteiger partial charge in [0, 0.05) is 12.3 Å². The largest absolute Gasteiger partial charge is 0.419 e. The number of nitrogens with zero attached hydrogens (tertiary/aromatic N) is 2. The molecule has 0 unspecified atom stereocenters. The number of alkyl halides is 6. The number of aromatic nitrogens is 2. The first-order valence-corrected chi connectivity index (χ1v) is 4.90. The van der Waals surface area contributed by atoms with Gasteiger partial charge in [-0.05, 0) is 12.1 Å². The van der Waals surface area contributed by atoms with Gasteiger partial charge in [-0.25, -0.2) is 4.68 Å². The molecule has 0 bridgehead atoms. The van der Waals surface area contributed by atoms with E-state index >= 15 is 0 Å². The number of hydrogen-bond donors (Lipinski definition) is 0. The molecule has 0 saturated heterocycles. The van der Waals surface area contributed by atoms with Crippen molar-refractivity contribution in [1.29, 1.82) is 0 Å². The molecular formula is C11H5F6N2. The van der Waals surface area contributed by atoms with Crippen molar-refractivity contribution in [2.45, 2.75) is 12.4 Å². The van der Waals surface area contributed by atoms with Crippen LogP contribution in [0.1, 0.15) is 11.1 Å². The van der Waals surface area contributed by atoms with E-state index in [1.165, 1.54) is 0 Å². The van der Waals surface area contributed by atoms with Crippen LogP contribution < -0.4 is 0 Å². The summed E-state index contributed by atoms with van der Waals surface area (Å²) in [4.78, 5) is 0. The average Bonchev–Trinajstić information content (AvgIpc) is 2.79. The zero-order valence-electron chi connectivity index (χ0n) is 9.05. The zero-order valence-corrected chi connectivity index (χ0v) is 9.05. The van der Waals surface area contributed by atoms with Crippen LogP contribution in [0.25, 0.3) is 5.69 Å². The van der Waals surface area contributed by atoms with E-state index in [2.05, 4.69) is 11.2 Å². The molecule has 1 aromatic heterocycles. The Labute approximate surface area is 103 Å². The second-order valence-electron chi connectivity index (χ2n) is 3.58. The van der Waals surface area contributed by atoms with Crippen LogP contribution in [0.4, 0.5) is 26.3 Å². The molecule has 19 heavy (non-hydrogen) atoms. The van der Waals surface area contributed by atoms with Crippen LogP contribution in [0.5, 0.6) is 0 Å². The molecule has 2 aromatic rings. The molecule has 0 N–H and O–H groups in total. The van der Waals surface area contributed by atoms with Crippen molar-refractivity contribution in [2.75, 3.05) is 0 Å². The predicted molar refractivity (Wildman–Crippen MR) is 52.4 cm³/mol. The fourth-order valence-electron chi connectivity index (χ4n) is 1.63. The zero-order chi connectivity index (χ0) is 14.3. The Kier molecular flexibility index (Phi) is 3.03. The average molecular weight is 279 g/mol. The first kappa shape index (κ1) is 13.4. The normalized spacial score (nSPS) is 12.7. The second-order valence-corrected chi connectivity index (χ2v) is 3.58. The van der Waals surface area contributed by atoms with Gasteiger partial charge in [-0.1, -0.05) is 6.07 Å². The Hall–Kier alpha value is -1.99. The first-order chi connectivity index (χ1) is 8.71. The fraction of sp³-hybridized carbons (Fsp3) is 0.182. The minimum atomic E-state index is -5.15. The highest BCUT2D eigenvalue weighted by Crippen LogP contribution is 2.42. The molecule has 0 aliphatic heterocycles. The van der Waals surface area contributed by atoms with Gasteiger partial charge in [0.25, 0.3) is 0 Å². The van der Waals surface area contributed by atoms with Gasteiger partial charge >= 0.3 is 12.4 Å². The molecule has 0 atom stereocenters. The molecule has 0 saturated carbocycles. The fourth-order valence-corrected chi connectivity index (χ4v) is 1.63. The van der Waals surface area contributed by atoms with Gasteiger partial charge in [0.15, 0.2) is 0 Å². The monoisotopic (exact) mass is 279 g/mol. The molecule has 2 rings (SSSR count). The molecule has 0 aliphatic carbocycles. The summed E-state index contributed by atoms with van der Waals surface area (Å²) in [7, 11) is 0. The highest BCUT2D eigenvalue weighted by molar-refractivity contribution is 5.48. The Balaban J connectivity index is 2.76. The maximum atomic E-state index is 12.9. The summed E-state index contributed by atoms with van der Waals surface area (Å²) >= 11 is 0. The lowest BCUT2D eigenvalue weighted by Crippen LogP contribution is -2.19. The summed E-state index contributed by atoms with van der Waals surface area (Å²) in [5, 5.41) is 3.48. The van der Waals surface area contributed by atoms with Crippen LogP contribution in [0.3, 0.4) is 0 Å². The quantitative estimate of drug-likeness (QED) is 0.728. The lowest BCUT2D eigenvalue weighted by atomic mass is 10.0. The highest BCUT2D eigenvalue weighted by Gasteiger charge is 2.45. The van der Waals surface area contributed by atoms with E-state index in [0.29, 0.717) is 10.7 Å². The minimum absolute atomic E-state index is 0.388. The topological polar surface area (TPSA) is 17.8 Å². The van der Waals surface area contributed by atoms with Crippen molar-refractivity contribution in [2.24, 2.45) is 0 Å². The van der Waals surface area contributed by atoms with Crippen molar-refractivity contribution in [3.8, 4) is 5.69 Å². The van der Waals surface area contributed by atoms with Crippen LogP contribution >= 0.6 is 0 Å². The van der Waals surface area contributed by atoms with E-state index in [0.717, 1.165) is 24.5 Å². The van der Waals surface area contributed by atoms with Gasteiger partial charge in [0.1, 0.15) is 0 Å². The molecule has 0 amide bonds. The van der Waals surface area contributed by atoms with Crippen molar-refractivity contribution in [1.82, 2.24) is 9.78 Å². The van der Waals surface area contributed by atoms with E-state index in [1.54, 1.807) is 0 Å². The van der Waals surface area contributed by atoms with E-state index < -0.39 is 29.2 Å². The maximum Gasteiger partial charge on any atom is 0.419 e. The van der Waals surface area contributed by atoms with Crippen molar-refractivity contribution < 1.29 is 26.3 Å². The molecule has 0 fully saturated rings. The maximum absolute atomic E-state index is 12.9. The third-order valence-corrected chi connectivity index (χ3v) is 2.33. The van der Waals surface area contributed by atoms with Gasteiger partial charge in [0.05, 0.1) is 23.0 Å². The SMILES string of the molecule is FC(F)(F)c1cccc(-n2c[c]cn2)c1C(F)(F)F. The third-order valence-electron chi connectivity index (χ3n) is 2.33. The summed E-state index contributed by atoms with van der Waals surface area (Å²) in [5.41, 5.74) is -4.20. The number of hydrogen-bond acceptors (Lipinski definition) is 1. The van der Waals surface area contributed by atoms with Gasteiger partial charge in [-0.2, -0.15) is 31.4 Å². The Morgan fingerprint density at radius 2 is 1.68 bits per heavy atom. The number of halogens is 6. The molecule has 101 valence electrons. The van der Waals surface area contributed by atoms with Crippen LogP contribution in [-0.4, -0.2) is 9.78 Å². The van der Waals surface area contributed by atoms with Gasteiger partial charge in [-0.15, -0.1) is 0 Å². The van der Waals surface area contributed by atoms with E-state index in [9.17, 15) is 26.3 Å². The number of benzene rings is 1. The van der Waals surface area contributed by atoms with Crippen LogP contribution in [0, 0.1) is 6.07 Å². The van der Waals surface area contributed by atoms with E-state index in [-0.39, 0.29) is 0 Å². The summed E-state index contributed by atoms with van der Waals surface area (Å²) < 4.78 is 77.3. The lowest BCUT2D eigenvalue weighted by Gasteiger charge is -2.18. The molecule has 8 heteroatoms. The van der Waals surface area contributed by atoms with Gasteiger partial charge in [0.2, 0.25) is 0 Å². The smallest absolute Gasteiger partial charge is 0.240 e. The van der Waals surface area contributed by atoms with Crippen LogP contribution in [0.15, 0.2) is 30.6 Å². The molecule has 1 radical (unpaired) electrons. The standard InChI is InChI=1S/C11H5F6N2/c12-10(13,14)7-3-1-4-8(9(7)11(15,16)17)19-6-2-5-18-19/h1,3-6H. The lowest BCUT2D eigenvalue weighted by molar-refractivity contribution is -0.162. The van der Waals surface area contributed by atoms with Gasteiger partial charge < -0.3 is 0 Å². The Morgan fingerprint density at radius 3 is 2.16 bits per heavy atom. The second kappa shape index (κ2) is 4.29. The molecular weight excluding hydrogens is 274 g/mol. The van der Waals surface area contributed by atoms with Crippen molar-refractivity contribution >= 4 is 0 Å². The van der Waals surface area contributed by atoms with Crippen molar-refractivity contribution in [3.63, 3.8) is 0 Å². The molecule has 0 aliphatic rings. The predicted octanol–water partition coefficient (Wildman–Crippen LogP) is 3.71. The Morgan fingerprint density at radius 1 is 1.00 bits per heavy atom. The summed E-state index contributed by atoms with van der Waals surface area (Å²) in [6, 6.07) is 4.57. The summed E-state index contributed by atoms with van der Waals surface area (Å²) in [5.74, 6) is 0. The summed E-state index contributed by atoms with van der Waals surface area (Å²) in [6.45, 7) is 0. The minimum Gasteiger partial charge on any atom is -0.240 e. The molecule has 1 aromatic carbocycles. The molecule has 0 spiro atoms. The van der Waals surface area contributed by atoms with E-state index in [1.807, 2.05) is 0 Å². The molecule has 1 heterocycles.